The molecule has 0 aliphatic heterocycles. The van der Waals surface area contributed by atoms with E-state index in [2.05, 4.69) is 67.9 Å². The van der Waals surface area contributed by atoms with Crippen LogP contribution in [0.25, 0.3) is 0 Å². The molecule has 2 heteroatoms. The summed E-state index contributed by atoms with van der Waals surface area (Å²) in [6, 6.07) is 0. The molecule has 0 spiro atoms. The molecule has 0 heterocycles. The van der Waals surface area contributed by atoms with Gasteiger partial charge in [-0.3, -0.25) is 0 Å². The summed E-state index contributed by atoms with van der Waals surface area (Å²) in [4.78, 5) is 0. The van der Waals surface area contributed by atoms with Crippen LogP contribution in [-0.4, -0.2) is 32.2 Å². The first kappa shape index (κ1) is 19.3. The van der Waals surface area contributed by atoms with Crippen molar-refractivity contribution in [3.63, 3.8) is 0 Å². The summed E-state index contributed by atoms with van der Waals surface area (Å²) in [6.45, 7) is 12.8. The van der Waals surface area contributed by atoms with E-state index in [4.69, 9.17) is 0 Å². The number of nitrogens with zero attached hydrogens (tertiary/aromatic N) is 1. The second kappa shape index (κ2) is 6.80. The summed E-state index contributed by atoms with van der Waals surface area (Å²) in [5.41, 5.74) is 0.844. The summed E-state index contributed by atoms with van der Waals surface area (Å²) in [5, 5.41) is 0. The zero-order valence-electron chi connectivity index (χ0n) is 13.1. The van der Waals surface area contributed by atoms with Crippen LogP contribution in [0.15, 0.2) is 12.2 Å². The fourth-order valence-corrected chi connectivity index (χ4v) is 2.30. The third-order valence-corrected chi connectivity index (χ3v) is 2.50. The molecule has 0 saturated carbocycles. The number of hydrogen-bond acceptors (Lipinski definition) is 0. The van der Waals surface area contributed by atoms with E-state index in [1.165, 1.54) is 12.8 Å². The Bertz CT molecular complexity index is 228. The summed E-state index contributed by atoms with van der Waals surface area (Å²) in [6.07, 6.45) is 7.14. The first-order valence-corrected chi connectivity index (χ1v) is 6.37. The van der Waals surface area contributed by atoms with Crippen molar-refractivity contribution in [2.75, 3.05) is 27.7 Å². The normalized spacial score (nSPS) is 13.9. The molecule has 0 atom stereocenters. The third kappa shape index (κ3) is 13.9. The van der Waals surface area contributed by atoms with Gasteiger partial charge in [-0.25, -0.2) is 0 Å². The summed E-state index contributed by atoms with van der Waals surface area (Å²) < 4.78 is 1.01. The maximum atomic E-state index is 2.37. The fourth-order valence-electron chi connectivity index (χ4n) is 2.30. The van der Waals surface area contributed by atoms with E-state index in [0.29, 0.717) is 10.8 Å². The smallest absolute Gasteiger partial charge is 0.0967 e. The Morgan fingerprint density at radius 3 is 1.71 bits per heavy atom. The van der Waals surface area contributed by atoms with E-state index in [0.717, 1.165) is 11.0 Å². The Balaban J connectivity index is 0. The molecule has 17 heavy (non-hydrogen) atoms. The van der Waals surface area contributed by atoms with Gasteiger partial charge in [0.15, 0.2) is 0 Å². The first-order valence-electron chi connectivity index (χ1n) is 6.37. The van der Waals surface area contributed by atoms with Crippen LogP contribution >= 0.6 is 0 Å². The van der Waals surface area contributed by atoms with Crippen LogP contribution < -0.4 is 12.4 Å². The van der Waals surface area contributed by atoms with Gasteiger partial charge in [-0.15, -0.1) is 0 Å². The number of quaternary nitrogens is 1. The fraction of sp³-hybridized carbons (Fsp3) is 0.867. The molecule has 0 saturated heterocycles. The highest BCUT2D eigenvalue weighted by Crippen LogP contribution is 2.35. The molecule has 0 unspecified atom stereocenters. The van der Waals surface area contributed by atoms with Crippen molar-refractivity contribution in [2.24, 2.45) is 10.8 Å². The van der Waals surface area contributed by atoms with Gasteiger partial charge in [0.1, 0.15) is 0 Å². The Morgan fingerprint density at radius 1 is 0.882 bits per heavy atom. The molecule has 0 aliphatic carbocycles. The van der Waals surface area contributed by atoms with E-state index >= 15 is 0 Å². The average molecular weight is 262 g/mol. The molecule has 0 aromatic carbocycles. The molecule has 0 bridgehead atoms. The summed E-state index contributed by atoms with van der Waals surface area (Å²) >= 11 is 0. The lowest BCUT2D eigenvalue weighted by molar-refractivity contribution is -0.864. The quantitative estimate of drug-likeness (QED) is 0.514. The highest BCUT2D eigenvalue weighted by atomic mass is 35.5. The predicted octanol–water partition coefficient (Wildman–Crippen LogP) is 1.11. The van der Waals surface area contributed by atoms with Crippen molar-refractivity contribution in [3.8, 4) is 0 Å². The molecule has 0 aromatic rings. The van der Waals surface area contributed by atoms with E-state index < -0.39 is 0 Å². The van der Waals surface area contributed by atoms with Gasteiger partial charge >= 0.3 is 0 Å². The molecule has 0 aliphatic rings. The number of rotatable bonds is 5. The van der Waals surface area contributed by atoms with Crippen LogP contribution in [0.1, 0.15) is 47.5 Å². The first-order chi connectivity index (χ1) is 6.91. The number of hydrogen-bond donors (Lipinski definition) is 0. The van der Waals surface area contributed by atoms with E-state index in [-0.39, 0.29) is 12.4 Å². The van der Waals surface area contributed by atoms with Crippen LogP contribution in [0.3, 0.4) is 0 Å². The standard InChI is InChI=1S/C15H32N.ClH/c1-14(2,3)13-15(4,5)11-9-10-12-16(6,7)8;/h9-10H,11-13H2,1-8H3;1H/q+1;/p-1. The van der Waals surface area contributed by atoms with Gasteiger partial charge in [0.25, 0.3) is 0 Å². The number of allylic oxidation sites excluding steroid dienone is 1. The topological polar surface area (TPSA) is 0 Å². The molecule has 0 amide bonds. The predicted molar refractivity (Wildman–Crippen MR) is 74.5 cm³/mol. The van der Waals surface area contributed by atoms with Gasteiger partial charge in [0.2, 0.25) is 0 Å². The minimum atomic E-state index is 0. The summed E-state index contributed by atoms with van der Waals surface area (Å²) in [7, 11) is 6.68. The molecular formula is C15H32ClN. The maximum absolute atomic E-state index is 2.37. The molecule has 104 valence electrons. The monoisotopic (exact) mass is 261 g/mol. The van der Waals surface area contributed by atoms with Gasteiger partial charge < -0.3 is 16.9 Å². The summed E-state index contributed by atoms with van der Waals surface area (Å²) in [5.74, 6) is 0. The largest absolute Gasteiger partial charge is 1.00 e. The zero-order chi connectivity index (χ0) is 13.0. The number of halogens is 1. The van der Waals surface area contributed by atoms with E-state index in [9.17, 15) is 0 Å². The Hall–Kier alpha value is -0.0100. The van der Waals surface area contributed by atoms with Crippen LogP contribution in [0.4, 0.5) is 0 Å². The van der Waals surface area contributed by atoms with Crippen LogP contribution in [0.5, 0.6) is 0 Å². The van der Waals surface area contributed by atoms with E-state index in [1.807, 2.05) is 0 Å². The second-order valence-corrected chi connectivity index (χ2v) is 8.05. The van der Waals surface area contributed by atoms with Crippen molar-refractivity contribution in [2.45, 2.75) is 47.5 Å². The van der Waals surface area contributed by atoms with Gasteiger partial charge in [-0.2, -0.15) is 0 Å². The minimum Gasteiger partial charge on any atom is -1.00 e. The van der Waals surface area contributed by atoms with Crippen LogP contribution in [0, 0.1) is 10.8 Å². The van der Waals surface area contributed by atoms with E-state index in [1.54, 1.807) is 0 Å². The maximum Gasteiger partial charge on any atom is 0.0967 e. The van der Waals surface area contributed by atoms with Gasteiger partial charge in [0, 0.05) is 0 Å². The molecule has 0 N–H and O–H groups in total. The van der Waals surface area contributed by atoms with Crippen molar-refractivity contribution in [1.82, 2.24) is 0 Å². The molecule has 0 fully saturated rings. The Morgan fingerprint density at radius 2 is 1.35 bits per heavy atom. The van der Waals surface area contributed by atoms with Crippen molar-refractivity contribution in [1.29, 1.82) is 0 Å². The van der Waals surface area contributed by atoms with Gasteiger partial charge in [-0.05, 0) is 29.7 Å². The second-order valence-electron chi connectivity index (χ2n) is 8.05. The lowest BCUT2D eigenvalue weighted by atomic mass is 9.74. The third-order valence-electron chi connectivity index (χ3n) is 2.50. The lowest BCUT2D eigenvalue weighted by Gasteiger charge is -2.31. The molecule has 0 radical (unpaired) electrons. The SMILES string of the molecule is CC(C)(C)CC(C)(C)CC=CC[N+](C)(C)C.[Cl-]. The molecular weight excluding hydrogens is 230 g/mol. The van der Waals surface area contributed by atoms with Gasteiger partial charge in [0.05, 0.1) is 27.7 Å². The van der Waals surface area contributed by atoms with Crippen molar-refractivity contribution in [3.05, 3.63) is 12.2 Å². The highest BCUT2D eigenvalue weighted by Gasteiger charge is 2.24. The zero-order valence-corrected chi connectivity index (χ0v) is 13.9. The van der Waals surface area contributed by atoms with Crippen LogP contribution in [-0.2, 0) is 0 Å². The van der Waals surface area contributed by atoms with Crippen molar-refractivity contribution >= 4 is 0 Å². The number of likely N-dealkylation sites (N-methyl/N-ethyl adjacent to an activating group) is 1. The van der Waals surface area contributed by atoms with Crippen LogP contribution in [0.2, 0.25) is 0 Å². The lowest BCUT2D eigenvalue weighted by Crippen LogP contribution is -3.00. The molecule has 0 aromatic heterocycles. The Kier molecular flexibility index (Phi) is 7.73. The highest BCUT2D eigenvalue weighted by molar-refractivity contribution is 4.89. The average Bonchev–Trinajstić information content (AvgIpc) is 1.91. The molecule has 0 rings (SSSR count). The van der Waals surface area contributed by atoms with Gasteiger partial charge in [-0.1, -0.05) is 40.7 Å². The minimum absolute atomic E-state index is 0. The Labute approximate surface area is 115 Å². The molecule has 1 nitrogen and oxygen atoms in total. The van der Waals surface area contributed by atoms with Crippen molar-refractivity contribution < 1.29 is 16.9 Å².